The van der Waals surface area contributed by atoms with E-state index >= 15 is 0 Å². The van der Waals surface area contributed by atoms with Gasteiger partial charge in [-0.25, -0.2) is 4.79 Å². The second-order valence-electron chi connectivity index (χ2n) is 6.55. The van der Waals surface area contributed by atoms with Gasteiger partial charge in [-0.15, -0.1) is 11.3 Å². The van der Waals surface area contributed by atoms with E-state index in [2.05, 4.69) is 19.2 Å². The van der Waals surface area contributed by atoms with E-state index < -0.39 is 5.97 Å². The van der Waals surface area contributed by atoms with Crippen LogP contribution in [0.2, 0.25) is 0 Å². The van der Waals surface area contributed by atoms with Crippen molar-refractivity contribution in [1.29, 1.82) is 0 Å². The highest BCUT2D eigenvalue weighted by atomic mass is 32.1. The van der Waals surface area contributed by atoms with Crippen molar-refractivity contribution in [1.82, 2.24) is 0 Å². The lowest BCUT2D eigenvalue weighted by atomic mass is 9.94. The predicted octanol–water partition coefficient (Wildman–Crippen LogP) is 4.27. The maximum absolute atomic E-state index is 12.6. The van der Waals surface area contributed by atoms with E-state index in [4.69, 9.17) is 9.47 Å². The maximum atomic E-state index is 12.6. The Morgan fingerprint density at radius 1 is 1.31 bits per heavy atom. The molecule has 0 aliphatic carbocycles. The summed E-state index contributed by atoms with van der Waals surface area (Å²) in [7, 11) is 0. The van der Waals surface area contributed by atoms with Gasteiger partial charge in [-0.3, -0.25) is 4.79 Å². The van der Waals surface area contributed by atoms with Crippen molar-refractivity contribution in [2.45, 2.75) is 39.9 Å². The van der Waals surface area contributed by atoms with Gasteiger partial charge in [-0.05, 0) is 30.5 Å². The summed E-state index contributed by atoms with van der Waals surface area (Å²) in [5, 5.41) is 3.43. The summed E-state index contributed by atoms with van der Waals surface area (Å²) < 4.78 is 11.2. The van der Waals surface area contributed by atoms with Crippen molar-refractivity contribution >= 4 is 28.2 Å². The number of hydrogen-bond acceptors (Lipinski definition) is 5. The van der Waals surface area contributed by atoms with Gasteiger partial charge in [0.15, 0.2) is 0 Å². The van der Waals surface area contributed by atoms with Crippen molar-refractivity contribution in [2.24, 2.45) is 5.92 Å². The minimum atomic E-state index is -0.391. The van der Waals surface area contributed by atoms with Gasteiger partial charge in [0, 0.05) is 16.9 Å². The highest BCUT2D eigenvalue weighted by molar-refractivity contribution is 7.17. The number of amides is 1. The summed E-state index contributed by atoms with van der Waals surface area (Å²) in [4.78, 5) is 26.1. The van der Waals surface area contributed by atoms with Crippen molar-refractivity contribution in [3.8, 4) is 0 Å². The van der Waals surface area contributed by atoms with Crippen LogP contribution in [0.25, 0.3) is 0 Å². The van der Waals surface area contributed by atoms with Gasteiger partial charge in [0.1, 0.15) is 5.00 Å². The second-order valence-corrected chi connectivity index (χ2v) is 7.65. The minimum Gasteiger partial charge on any atom is -0.462 e. The van der Waals surface area contributed by atoms with Crippen LogP contribution in [-0.4, -0.2) is 24.6 Å². The Bertz CT molecular complexity index is 798. The van der Waals surface area contributed by atoms with Gasteiger partial charge in [-0.2, -0.15) is 0 Å². The number of hydrogen-bond donors (Lipinski definition) is 1. The number of fused-ring (bicyclic) bond motifs is 1. The lowest BCUT2D eigenvalue weighted by molar-refractivity contribution is 0.00124. The molecule has 0 radical (unpaired) electrons. The molecule has 1 aromatic heterocycles. The molecular formula is C20H23NO4S. The van der Waals surface area contributed by atoms with Gasteiger partial charge >= 0.3 is 5.97 Å². The first-order valence-electron chi connectivity index (χ1n) is 8.80. The Labute approximate surface area is 157 Å². The molecular weight excluding hydrogens is 350 g/mol. The van der Waals surface area contributed by atoms with Gasteiger partial charge in [0.2, 0.25) is 0 Å². The number of ether oxygens (including phenoxy) is 2. The van der Waals surface area contributed by atoms with Gasteiger partial charge in [0.25, 0.3) is 5.91 Å². The number of esters is 1. The zero-order valence-corrected chi connectivity index (χ0v) is 16.0. The van der Waals surface area contributed by atoms with E-state index in [1.165, 1.54) is 11.3 Å². The van der Waals surface area contributed by atoms with Crippen molar-refractivity contribution in [2.75, 3.05) is 11.9 Å². The minimum absolute atomic E-state index is 0.0583. The quantitative estimate of drug-likeness (QED) is 0.795. The first-order valence-corrected chi connectivity index (χ1v) is 9.62. The third-order valence-electron chi connectivity index (χ3n) is 4.41. The zero-order valence-electron chi connectivity index (χ0n) is 15.2. The topological polar surface area (TPSA) is 64.6 Å². The van der Waals surface area contributed by atoms with Crippen LogP contribution >= 0.6 is 11.3 Å². The lowest BCUT2D eigenvalue weighted by Crippen LogP contribution is -2.27. The van der Waals surface area contributed by atoms with Crippen LogP contribution in [0.3, 0.4) is 0 Å². The molecule has 26 heavy (non-hydrogen) atoms. The number of benzene rings is 1. The molecule has 0 spiro atoms. The number of thiophene rings is 1. The number of carbonyl (C=O) groups is 2. The van der Waals surface area contributed by atoms with Crippen LogP contribution < -0.4 is 5.32 Å². The molecule has 0 fully saturated rings. The summed E-state index contributed by atoms with van der Waals surface area (Å²) >= 11 is 1.40. The van der Waals surface area contributed by atoms with Crippen LogP contribution in [0.15, 0.2) is 30.3 Å². The summed E-state index contributed by atoms with van der Waals surface area (Å²) in [6, 6.07) is 8.95. The Morgan fingerprint density at radius 3 is 2.69 bits per heavy atom. The molecule has 1 amide bonds. The molecule has 138 valence electrons. The normalized spacial score (nSPS) is 16.2. The Kier molecular flexibility index (Phi) is 5.74. The first-order chi connectivity index (χ1) is 12.5. The molecule has 2 aromatic rings. The molecule has 1 aliphatic rings. The summed E-state index contributed by atoms with van der Waals surface area (Å²) in [6.07, 6.45) is 0.710. The fourth-order valence-corrected chi connectivity index (χ4v) is 4.12. The van der Waals surface area contributed by atoms with E-state index in [0.29, 0.717) is 41.7 Å². The van der Waals surface area contributed by atoms with Crippen LogP contribution in [0.5, 0.6) is 0 Å². The highest BCUT2D eigenvalue weighted by Gasteiger charge is 2.32. The second kappa shape index (κ2) is 8.01. The van der Waals surface area contributed by atoms with E-state index in [-0.39, 0.29) is 12.0 Å². The molecule has 1 aromatic carbocycles. The standard InChI is InChI=1S/C20H23NO4S/c1-4-24-20(23)17-14-10-15(12(2)3)25-11-16(14)26-19(17)21-18(22)13-8-6-5-7-9-13/h5-9,12,15H,4,10-11H2,1-3H3,(H,21,22)/t15-/m0/s1. The highest BCUT2D eigenvalue weighted by Crippen LogP contribution is 2.39. The third kappa shape index (κ3) is 3.81. The average Bonchev–Trinajstić information content (AvgIpc) is 2.99. The molecule has 0 bridgehead atoms. The monoisotopic (exact) mass is 373 g/mol. The van der Waals surface area contributed by atoms with Crippen LogP contribution in [0.1, 0.15) is 51.9 Å². The van der Waals surface area contributed by atoms with Gasteiger partial charge in [-0.1, -0.05) is 32.0 Å². The largest absolute Gasteiger partial charge is 0.462 e. The molecule has 0 unspecified atom stereocenters. The predicted molar refractivity (Wildman–Crippen MR) is 102 cm³/mol. The summed E-state index contributed by atoms with van der Waals surface area (Å²) in [6.45, 7) is 6.73. The van der Waals surface area contributed by atoms with E-state index in [1.54, 1.807) is 19.1 Å². The van der Waals surface area contributed by atoms with Crippen molar-refractivity contribution in [3.05, 3.63) is 51.9 Å². The van der Waals surface area contributed by atoms with Crippen molar-refractivity contribution in [3.63, 3.8) is 0 Å². The molecule has 1 atom stereocenters. The molecule has 0 saturated carbocycles. The molecule has 5 nitrogen and oxygen atoms in total. The van der Waals surface area contributed by atoms with E-state index in [1.807, 2.05) is 18.2 Å². The Morgan fingerprint density at radius 2 is 2.04 bits per heavy atom. The Hall–Kier alpha value is -2.18. The lowest BCUT2D eigenvalue weighted by Gasteiger charge is -2.26. The van der Waals surface area contributed by atoms with Crippen LogP contribution in [0.4, 0.5) is 5.00 Å². The van der Waals surface area contributed by atoms with Gasteiger partial charge < -0.3 is 14.8 Å². The average molecular weight is 373 g/mol. The maximum Gasteiger partial charge on any atom is 0.341 e. The molecule has 6 heteroatoms. The summed E-state index contributed by atoms with van der Waals surface area (Å²) in [5.41, 5.74) is 1.97. The molecule has 2 heterocycles. The third-order valence-corrected chi connectivity index (χ3v) is 5.53. The molecule has 0 saturated heterocycles. The fourth-order valence-electron chi connectivity index (χ4n) is 2.99. The zero-order chi connectivity index (χ0) is 18.7. The SMILES string of the molecule is CCOC(=O)c1c(NC(=O)c2ccccc2)sc2c1C[C@@H](C(C)C)OC2. The molecule has 1 N–H and O–H groups in total. The first kappa shape index (κ1) is 18.6. The van der Waals surface area contributed by atoms with Crippen LogP contribution in [0, 0.1) is 5.92 Å². The number of anilines is 1. The number of rotatable bonds is 5. The van der Waals surface area contributed by atoms with Gasteiger partial charge in [0.05, 0.1) is 24.9 Å². The fraction of sp³-hybridized carbons (Fsp3) is 0.400. The Balaban J connectivity index is 1.94. The number of nitrogens with one attached hydrogen (secondary N) is 1. The number of carbonyl (C=O) groups excluding carboxylic acids is 2. The van der Waals surface area contributed by atoms with E-state index in [9.17, 15) is 9.59 Å². The van der Waals surface area contributed by atoms with E-state index in [0.717, 1.165) is 10.4 Å². The van der Waals surface area contributed by atoms with Crippen LogP contribution in [-0.2, 0) is 22.5 Å². The van der Waals surface area contributed by atoms with Crippen molar-refractivity contribution < 1.29 is 19.1 Å². The molecule has 1 aliphatic heterocycles. The summed E-state index contributed by atoms with van der Waals surface area (Å²) in [5.74, 6) is -0.283. The molecule has 3 rings (SSSR count). The smallest absolute Gasteiger partial charge is 0.341 e.